The van der Waals surface area contributed by atoms with E-state index >= 15 is 0 Å². The Labute approximate surface area is 290 Å². The Morgan fingerprint density at radius 2 is 0.780 bits per heavy atom. The van der Waals surface area contributed by atoms with Crippen molar-refractivity contribution in [2.45, 2.75) is 0 Å². The van der Waals surface area contributed by atoms with E-state index in [1.165, 1.54) is 77.0 Å². The lowest BCUT2D eigenvalue weighted by Gasteiger charge is -2.14. The first kappa shape index (κ1) is 28.3. The Balaban J connectivity index is 1.17. The third kappa shape index (κ3) is 4.56. The summed E-state index contributed by atoms with van der Waals surface area (Å²) < 4.78 is 4.74. The number of hydrogen-bond acceptors (Lipinski definition) is 1. The SMILES string of the molecule is c1ccc(-c2cc(-c3ccccc3)cc(-n3c4ccccc4c4cc(-c5ccc6c(c5)c5ccccc5n6-c5cccnc5)ccc43)c2)cc1. The molecule has 0 aliphatic rings. The number of para-hydroxylation sites is 2. The molecule has 7 aromatic carbocycles. The van der Waals surface area contributed by atoms with Gasteiger partial charge in [0, 0.05) is 33.4 Å². The van der Waals surface area contributed by atoms with Crippen molar-refractivity contribution in [3.8, 4) is 44.8 Å². The summed E-state index contributed by atoms with van der Waals surface area (Å²) in [6.45, 7) is 0. The van der Waals surface area contributed by atoms with E-state index < -0.39 is 0 Å². The van der Waals surface area contributed by atoms with E-state index in [2.05, 4.69) is 184 Å². The van der Waals surface area contributed by atoms with Gasteiger partial charge >= 0.3 is 0 Å². The summed E-state index contributed by atoms with van der Waals surface area (Å²) in [4.78, 5) is 4.41. The van der Waals surface area contributed by atoms with Gasteiger partial charge in [-0.15, -0.1) is 0 Å². The van der Waals surface area contributed by atoms with Gasteiger partial charge in [-0.25, -0.2) is 0 Å². The maximum Gasteiger partial charge on any atom is 0.0645 e. The van der Waals surface area contributed by atoms with Crippen molar-refractivity contribution < 1.29 is 0 Å². The Morgan fingerprint density at radius 1 is 0.300 bits per heavy atom. The third-order valence-electron chi connectivity index (χ3n) is 9.97. The lowest BCUT2D eigenvalue weighted by Crippen LogP contribution is -1.96. The molecule has 0 N–H and O–H groups in total. The highest BCUT2D eigenvalue weighted by Crippen LogP contribution is 2.39. The summed E-state index contributed by atoms with van der Waals surface area (Å²) in [6, 6.07) is 63.7. The van der Waals surface area contributed by atoms with Crippen LogP contribution in [0.5, 0.6) is 0 Å². The summed E-state index contributed by atoms with van der Waals surface area (Å²) in [6.07, 6.45) is 3.76. The molecule has 0 atom stereocenters. The molecule has 234 valence electrons. The van der Waals surface area contributed by atoms with Gasteiger partial charge < -0.3 is 9.13 Å². The Morgan fingerprint density at radius 3 is 1.30 bits per heavy atom. The Hall–Kier alpha value is -6.71. The largest absolute Gasteiger partial charge is 0.309 e. The molecule has 0 aliphatic heterocycles. The van der Waals surface area contributed by atoms with Crippen LogP contribution in [0.25, 0.3) is 88.4 Å². The lowest BCUT2D eigenvalue weighted by molar-refractivity contribution is 1.14. The highest BCUT2D eigenvalue weighted by Gasteiger charge is 2.17. The van der Waals surface area contributed by atoms with Crippen LogP contribution >= 0.6 is 0 Å². The minimum atomic E-state index is 1.06. The summed E-state index contributed by atoms with van der Waals surface area (Å²) >= 11 is 0. The highest BCUT2D eigenvalue weighted by molar-refractivity contribution is 6.12. The zero-order chi connectivity index (χ0) is 33.0. The molecular weight excluding hydrogens is 607 g/mol. The molecule has 0 radical (unpaired) electrons. The van der Waals surface area contributed by atoms with E-state index in [4.69, 9.17) is 0 Å². The van der Waals surface area contributed by atoms with Crippen LogP contribution in [0.2, 0.25) is 0 Å². The summed E-state index contributed by atoms with van der Waals surface area (Å²) in [5, 5.41) is 4.95. The van der Waals surface area contributed by atoms with E-state index in [-0.39, 0.29) is 0 Å². The van der Waals surface area contributed by atoms with Gasteiger partial charge in [-0.3, -0.25) is 4.98 Å². The number of hydrogen-bond donors (Lipinski definition) is 0. The van der Waals surface area contributed by atoms with Gasteiger partial charge in [0.05, 0.1) is 34.0 Å². The standard InChI is InChI=1S/C47H31N3/c1-3-12-32(13-4-1)36-26-37(33-14-5-2-6-15-33)28-39(27-36)50-45-20-10-8-18-41(45)43-30-35(22-24-47(43)50)34-21-23-46-42(29-34)40-17-7-9-19-44(40)49(46)38-16-11-25-48-31-38/h1-31H. The molecule has 0 amide bonds. The van der Waals surface area contributed by atoms with Crippen LogP contribution < -0.4 is 0 Å². The number of fused-ring (bicyclic) bond motifs is 6. The topological polar surface area (TPSA) is 22.8 Å². The summed E-state index contributed by atoms with van der Waals surface area (Å²) in [7, 11) is 0. The van der Waals surface area contributed by atoms with Gasteiger partial charge in [-0.2, -0.15) is 0 Å². The van der Waals surface area contributed by atoms with Crippen LogP contribution in [0.3, 0.4) is 0 Å². The van der Waals surface area contributed by atoms with Crippen LogP contribution in [0.4, 0.5) is 0 Å². The fourth-order valence-electron chi connectivity index (χ4n) is 7.68. The van der Waals surface area contributed by atoms with Crippen LogP contribution in [-0.2, 0) is 0 Å². The monoisotopic (exact) mass is 637 g/mol. The number of rotatable bonds is 5. The highest BCUT2D eigenvalue weighted by atomic mass is 15.0. The Bertz CT molecular complexity index is 2790. The normalized spacial score (nSPS) is 11.6. The molecule has 0 fully saturated rings. The van der Waals surface area contributed by atoms with Gasteiger partial charge in [-0.1, -0.05) is 109 Å². The summed E-state index contributed by atoms with van der Waals surface area (Å²) in [5.74, 6) is 0. The maximum absolute atomic E-state index is 4.41. The fourth-order valence-corrected chi connectivity index (χ4v) is 7.68. The number of pyridine rings is 1. The molecule has 0 saturated heterocycles. The predicted molar refractivity (Wildman–Crippen MR) is 209 cm³/mol. The van der Waals surface area contributed by atoms with Gasteiger partial charge in [0.15, 0.2) is 0 Å². The molecule has 10 rings (SSSR count). The third-order valence-corrected chi connectivity index (χ3v) is 9.97. The van der Waals surface area contributed by atoms with E-state index in [0.717, 1.165) is 11.4 Å². The molecule has 0 saturated carbocycles. The van der Waals surface area contributed by atoms with Crippen molar-refractivity contribution in [3.63, 3.8) is 0 Å². The zero-order valence-corrected chi connectivity index (χ0v) is 27.2. The van der Waals surface area contributed by atoms with E-state index in [1.54, 1.807) is 0 Å². The summed E-state index contributed by atoms with van der Waals surface area (Å²) in [5.41, 5.74) is 14.1. The van der Waals surface area contributed by atoms with Crippen LogP contribution in [-0.4, -0.2) is 14.1 Å². The fraction of sp³-hybridized carbons (Fsp3) is 0. The van der Waals surface area contributed by atoms with Gasteiger partial charge in [0.25, 0.3) is 0 Å². The average Bonchev–Trinajstić information content (AvgIpc) is 3.71. The maximum atomic E-state index is 4.41. The van der Waals surface area contributed by atoms with Gasteiger partial charge in [0.1, 0.15) is 0 Å². The molecule has 0 aliphatic carbocycles. The van der Waals surface area contributed by atoms with Crippen LogP contribution in [0.15, 0.2) is 188 Å². The zero-order valence-electron chi connectivity index (χ0n) is 27.2. The molecule has 0 spiro atoms. The number of aromatic nitrogens is 3. The first-order chi connectivity index (χ1) is 24.8. The second kappa shape index (κ2) is 11.5. The van der Waals surface area contributed by atoms with Gasteiger partial charge in [0.2, 0.25) is 0 Å². The van der Waals surface area contributed by atoms with Gasteiger partial charge in [-0.05, 0) is 100 Å². The van der Waals surface area contributed by atoms with Crippen LogP contribution in [0, 0.1) is 0 Å². The minimum Gasteiger partial charge on any atom is -0.309 e. The van der Waals surface area contributed by atoms with E-state index in [9.17, 15) is 0 Å². The molecule has 3 nitrogen and oxygen atoms in total. The predicted octanol–water partition coefficient (Wildman–Crippen LogP) is 12.3. The van der Waals surface area contributed by atoms with Crippen molar-refractivity contribution in [3.05, 3.63) is 188 Å². The quantitative estimate of drug-likeness (QED) is 0.184. The van der Waals surface area contributed by atoms with Crippen molar-refractivity contribution >= 4 is 43.6 Å². The molecule has 50 heavy (non-hydrogen) atoms. The first-order valence-electron chi connectivity index (χ1n) is 17.0. The molecule has 3 heteroatoms. The number of nitrogens with zero attached hydrogens (tertiary/aromatic N) is 3. The minimum absolute atomic E-state index is 1.06. The second-order valence-electron chi connectivity index (χ2n) is 12.9. The van der Waals surface area contributed by atoms with Crippen molar-refractivity contribution in [2.24, 2.45) is 0 Å². The number of benzene rings is 7. The molecular formula is C47H31N3. The van der Waals surface area contributed by atoms with Crippen molar-refractivity contribution in [1.29, 1.82) is 0 Å². The molecule has 0 bridgehead atoms. The second-order valence-corrected chi connectivity index (χ2v) is 12.9. The average molecular weight is 638 g/mol. The van der Waals surface area contributed by atoms with Crippen molar-refractivity contribution in [2.75, 3.05) is 0 Å². The smallest absolute Gasteiger partial charge is 0.0645 e. The first-order valence-corrected chi connectivity index (χ1v) is 17.0. The molecule has 0 unspecified atom stereocenters. The molecule has 10 aromatic rings. The molecule has 3 aromatic heterocycles. The lowest BCUT2D eigenvalue weighted by atomic mass is 9.98. The molecule has 3 heterocycles. The van der Waals surface area contributed by atoms with Crippen molar-refractivity contribution in [1.82, 2.24) is 14.1 Å². The van der Waals surface area contributed by atoms with E-state index in [0.29, 0.717) is 0 Å². The Kier molecular flexibility index (Phi) is 6.49. The van der Waals surface area contributed by atoms with E-state index in [1.807, 2.05) is 18.5 Å². The van der Waals surface area contributed by atoms with Crippen LogP contribution in [0.1, 0.15) is 0 Å².